The van der Waals surface area contributed by atoms with Crippen LogP contribution >= 0.6 is 0 Å². The van der Waals surface area contributed by atoms with Gasteiger partial charge in [-0.05, 0) is 0 Å². The average Bonchev–Trinajstić information content (AvgIpc) is 1.90. The van der Waals surface area contributed by atoms with E-state index < -0.39 is 0 Å². The van der Waals surface area contributed by atoms with Crippen LogP contribution in [0.15, 0.2) is 24.3 Å². The molecule has 0 heterocycles. The van der Waals surface area contributed by atoms with Gasteiger partial charge in [-0.15, -0.1) is 0 Å². The molecule has 0 N–H and O–H groups in total. The summed E-state index contributed by atoms with van der Waals surface area (Å²) in [6.45, 7) is 0. The molecular formula is C8H8FmO-2. The summed E-state index contributed by atoms with van der Waals surface area (Å²) >= 11 is 0. The second-order valence-electron chi connectivity index (χ2n) is 1.45. The molecule has 0 aliphatic rings. The molecular weight excluding hydrogens is 369 g/mol. The van der Waals surface area contributed by atoms with E-state index in [0.717, 1.165) is 6.29 Å². The molecule has 0 aliphatic heterocycles. The Labute approximate surface area is 55.3 Å². The Morgan fingerprint density at radius 1 is 1.30 bits per heavy atom. The van der Waals surface area contributed by atoms with Crippen molar-refractivity contribution < 1.29 is 4.79 Å². The van der Waals surface area contributed by atoms with Crippen molar-refractivity contribution >= 4 is 6.29 Å². The third-order valence-electron chi connectivity index (χ3n) is 0.880. The summed E-state index contributed by atoms with van der Waals surface area (Å²) < 4.78 is 0. The summed E-state index contributed by atoms with van der Waals surface area (Å²) in [5, 5.41) is 0. The van der Waals surface area contributed by atoms with Gasteiger partial charge in [0, 0.05) is 0 Å². The first-order chi connectivity index (χ1) is 3.93. The molecule has 0 spiro atoms. The van der Waals surface area contributed by atoms with Gasteiger partial charge in [0.25, 0.3) is 0 Å². The van der Waals surface area contributed by atoms with Gasteiger partial charge in [-0.3, -0.25) is 0 Å². The molecule has 0 aromatic heterocycles. The summed E-state index contributed by atoms with van der Waals surface area (Å²) in [5.41, 5.74) is 0.698. The van der Waals surface area contributed by atoms with Gasteiger partial charge in [-0.2, -0.15) is 30.3 Å². The van der Waals surface area contributed by atoms with E-state index in [9.17, 15) is 4.79 Å². The van der Waals surface area contributed by atoms with Crippen LogP contribution in [-0.2, 0) is 0 Å². The van der Waals surface area contributed by atoms with Crippen molar-refractivity contribution in [2.24, 2.45) is 0 Å². The van der Waals surface area contributed by atoms with Crippen LogP contribution in [0.5, 0.6) is 0 Å². The van der Waals surface area contributed by atoms with E-state index in [-0.39, 0.29) is 7.43 Å². The zero-order chi connectivity index (χ0) is 5.82. The first-order valence-corrected chi connectivity index (χ1v) is 2.35. The van der Waals surface area contributed by atoms with Crippen LogP contribution in [0.1, 0.15) is 10.4 Å². The summed E-state index contributed by atoms with van der Waals surface area (Å²) in [6, 6.07) is 9.66. The van der Waals surface area contributed by atoms with E-state index in [4.69, 9.17) is 0 Å². The van der Waals surface area contributed by atoms with E-state index in [2.05, 4.69) is 6.07 Å². The van der Waals surface area contributed by atoms with E-state index in [1.54, 1.807) is 24.3 Å². The van der Waals surface area contributed by atoms with Gasteiger partial charge >= 0.3 is 0 Å². The summed E-state index contributed by atoms with van der Waals surface area (Å²) in [5.74, 6) is 0. The molecule has 1 aromatic carbocycles. The van der Waals surface area contributed by atoms with Crippen LogP contribution in [0.25, 0.3) is 0 Å². The monoisotopic (exact) mass is 377 g/mol. The molecule has 0 radical (unpaired) electrons. The van der Waals surface area contributed by atoms with Gasteiger partial charge in [-0.1, -0.05) is 5.56 Å². The molecule has 10 heavy (non-hydrogen) atoms. The zero-order valence-corrected chi connectivity index (χ0v) is 7.99. The number of rotatable bonds is 1. The molecule has 0 bridgehead atoms. The number of hydrogen-bond donors (Lipinski definition) is 0. The Morgan fingerprint density at radius 2 is 1.80 bits per heavy atom. The molecule has 1 rings (SSSR count). The maximum absolute atomic E-state index is 9.99. The second-order valence-corrected chi connectivity index (χ2v) is 1.45. The first-order valence-electron chi connectivity index (χ1n) is 2.35. The quantitative estimate of drug-likeness (QED) is 0.539. The van der Waals surface area contributed by atoms with Crippen LogP contribution in [0.3, 0.4) is 0 Å². The largest absolute Gasteiger partial charge is 0.358 e. The van der Waals surface area contributed by atoms with E-state index in [1.165, 1.54) is 0 Å². The van der Waals surface area contributed by atoms with Crippen molar-refractivity contribution in [1.82, 2.24) is 0 Å². The van der Waals surface area contributed by atoms with Crippen molar-refractivity contribution in [1.29, 1.82) is 0 Å². The molecule has 0 saturated carbocycles. The molecule has 0 amide bonds. The number of aldehydes is 1. The van der Waals surface area contributed by atoms with E-state index in [0.29, 0.717) is 5.56 Å². The molecule has 2 heteroatoms. The van der Waals surface area contributed by atoms with Crippen LogP contribution in [0, 0.1) is 13.5 Å². The van der Waals surface area contributed by atoms with E-state index in [1.807, 2.05) is 0 Å². The summed E-state index contributed by atoms with van der Waals surface area (Å²) in [4.78, 5) is 9.99. The SMILES string of the molecule is O=Cc1cc[c-]cc1.[CH3-].[Fm]. The third-order valence-corrected chi connectivity index (χ3v) is 0.880. The maximum atomic E-state index is 9.99. The van der Waals surface area contributed by atoms with Gasteiger partial charge in [0.15, 0.2) is 0 Å². The topological polar surface area (TPSA) is 17.1 Å². The molecule has 0 unspecified atom stereocenters. The summed E-state index contributed by atoms with van der Waals surface area (Å²) in [6.07, 6.45) is 0.813. The van der Waals surface area contributed by atoms with Crippen LogP contribution in [0.4, 0.5) is 0 Å². The molecule has 1 aromatic rings. The fraction of sp³-hybridized carbons (Fsp3) is 0. The molecule has 0 aliphatic carbocycles. The average molecular weight is 377 g/mol. The number of carbonyl (C=O) groups is 1. The van der Waals surface area contributed by atoms with Crippen LogP contribution < -0.4 is 0 Å². The fourth-order valence-electron chi connectivity index (χ4n) is 0.478. The van der Waals surface area contributed by atoms with Crippen LogP contribution in [0.2, 0.25) is 0 Å². The first kappa shape index (κ1) is 10.8. The van der Waals surface area contributed by atoms with Gasteiger partial charge < -0.3 is 12.2 Å². The number of hydrogen-bond acceptors (Lipinski definition) is 1. The Bertz CT molecular complexity index is 172. The maximum Gasteiger partial charge on any atom is 0.126 e. The third kappa shape index (κ3) is 2.26. The van der Waals surface area contributed by atoms with Crippen molar-refractivity contribution in [3.8, 4) is 0 Å². The Balaban J connectivity index is 0. The summed E-state index contributed by atoms with van der Waals surface area (Å²) in [7, 11) is 0. The minimum atomic E-state index is 0. The molecule has 1 nitrogen and oxygen atoms in total. The minimum Gasteiger partial charge on any atom is -0.358 e. The zero-order valence-electron chi connectivity index (χ0n) is 5.58. The second kappa shape index (κ2) is 5.04. The smallest absolute Gasteiger partial charge is 0.126 e. The normalized spacial score (nSPS) is 6.80. The molecule has 0 fully saturated rings. The van der Waals surface area contributed by atoms with Crippen molar-refractivity contribution in [2.75, 3.05) is 0 Å². The molecule has 0 saturated heterocycles. The minimum absolute atomic E-state index is 0. The van der Waals surface area contributed by atoms with Gasteiger partial charge in [-0.25, -0.2) is 0 Å². The Hall–Kier alpha value is -2.11. The number of benzene rings is 1. The van der Waals surface area contributed by atoms with Gasteiger partial charge in [0.1, 0.15) is 6.29 Å². The molecule has 60 valence electrons. The fourth-order valence-corrected chi connectivity index (χ4v) is 0.478. The van der Waals surface area contributed by atoms with E-state index >= 15 is 0 Å². The van der Waals surface area contributed by atoms with Crippen LogP contribution in [-0.4, -0.2) is 6.29 Å². The van der Waals surface area contributed by atoms with Crippen molar-refractivity contribution in [3.63, 3.8) is 0 Å². The van der Waals surface area contributed by atoms with Crippen molar-refractivity contribution in [3.05, 3.63) is 43.3 Å². The molecule has 0 atom stereocenters. The van der Waals surface area contributed by atoms with Gasteiger partial charge in [0.2, 0.25) is 0 Å². The predicted octanol–water partition coefficient (Wildman–Crippen LogP) is 1.75. The predicted molar refractivity (Wildman–Crippen MR) is 37.1 cm³/mol. The van der Waals surface area contributed by atoms with Crippen molar-refractivity contribution in [2.45, 2.75) is 0 Å². The Kier molecular flexibility index (Phi) is 5.44. The standard InChI is InChI=1S/C7H5O.CH3.Fm/c8-6-7-4-2-1-3-5-7;;/h2-6H;1H3;/q2*-1;. The number of carbonyl (C=O) groups excluding carboxylic acids is 1. The Morgan fingerprint density at radius 3 is 2.10 bits per heavy atom. The van der Waals surface area contributed by atoms with Gasteiger partial charge in [0.05, 0.1) is 0 Å².